The normalized spacial score (nSPS) is 58.4. The van der Waals surface area contributed by atoms with Crippen LogP contribution >= 0.6 is 0 Å². The molecule has 9 aliphatic rings. The van der Waals surface area contributed by atoms with Crippen LogP contribution in [0.3, 0.4) is 0 Å². The van der Waals surface area contributed by atoms with Crippen LogP contribution in [0.15, 0.2) is 11.6 Å². The lowest BCUT2D eigenvalue weighted by atomic mass is 9.47. The molecule has 8 fully saturated rings. The minimum absolute atomic E-state index is 0.0653. The van der Waals surface area contributed by atoms with E-state index < -0.39 is 111 Å². The summed E-state index contributed by atoms with van der Waals surface area (Å²) in [5, 5.41) is 105. The van der Waals surface area contributed by atoms with Gasteiger partial charge in [-0.25, -0.2) is 0 Å². The van der Waals surface area contributed by atoms with Crippen LogP contribution < -0.4 is 0 Å². The van der Waals surface area contributed by atoms with Crippen molar-refractivity contribution >= 4 is 0 Å². The van der Waals surface area contributed by atoms with Crippen LogP contribution in [0.25, 0.3) is 0 Å². The molecular formula is C43H68O18. The zero-order valence-electron chi connectivity index (χ0n) is 35.4. The Morgan fingerprint density at radius 2 is 1.34 bits per heavy atom. The van der Waals surface area contributed by atoms with Gasteiger partial charge in [0, 0.05) is 12.3 Å². The van der Waals surface area contributed by atoms with Crippen molar-refractivity contribution in [3.05, 3.63) is 11.6 Å². The molecular weight excluding hydrogens is 804 g/mol. The molecule has 0 amide bonds. The summed E-state index contributed by atoms with van der Waals surface area (Å²) in [6.07, 6.45) is -16.2. The van der Waals surface area contributed by atoms with E-state index in [1.54, 1.807) is 0 Å². The molecule has 0 aromatic heterocycles. The van der Waals surface area contributed by atoms with E-state index in [-0.39, 0.29) is 16.9 Å². The summed E-state index contributed by atoms with van der Waals surface area (Å²) in [5.41, 5.74) is 1.40. The number of aliphatic hydroxyl groups is 10. The molecule has 26 atom stereocenters. The van der Waals surface area contributed by atoms with Crippen LogP contribution in [0.5, 0.6) is 0 Å². The molecule has 18 heteroatoms. The second kappa shape index (κ2) is 16.7. The first kappa shape index (κ1) is 45.2. The van der Waals surface area contributed by atoms with Crippen molar-refractivity contribution in [2.45, 2.75) is 196 Å². The number of rotatable bonds is 7. The van der Waals surface area contributed by atoms with Gasteiger partial charge >= 0.3 is 0 Å². The first-order valence-corrected chi connectivity index (χ1v) is 22.6. The predicted molar refractivity (Wildman–Crippen MR) is 206 cm³/mol. The molecule has 4 aliphatic carbocycles. The summed E-state index contributed by atoms with van der Waals surface area (Å²) in [7, 11) is 0. The fourth-order valence-corrected chi connectivity index (χ4v) is 13.6. The Morgan fingerprint density at radius 3 is 1.97 bits per heavy atom. The van der Waals surface area contributed by atoms with Gasteiger partial charge in [0.1, 0.15) is 61.0 Å². The minimum atomic E-state index is -1.97. The van der Waals surface area contributed by atoms with Gasteiger partial charge in [-0.15, -0.1) is 0 Å². The number of fused-ring (bicyclic) bond motifs is 7. The Morgan fingerprint density at radius 1 is 0.689 bits per heavy atom. The molecule has 18 nitrogen and oxygen atoms in total. The second-order valence-corrected chi connectivity index (χ2v) is 20.4. The monoisotopic (exact) mass is 872 g/mol. The third kappa shape index (κ3) is 7.40. The first-order valence-electron chi connectivity index (χ1n) is 22.6. The van der Waals surface area contributed by atoms with Gasteiger partial charge in [0.05, 0.1) is 25.4 Å². The quantitative estimate of drug-likeness (QED) is 0.139. The van der Waals surface area contributed by atoms with Crippen LogP contribution in [-0.2, 0) is 37.9 Å². The van der Waals surface area contributed by atoms with E-state index in [4.69, 9.17) is 37.9 Å². The molecule has 0 bridgehead atoms. The van der Waals surface area contributed by atoms with Crippen molar-refractivity contribution in [2.24, 2.45) is 46.3 Å². The topological polar surface area (TPSA) is 276 Å². The highest BCUT2D eigenvalue weighted by molar-refractivity contribution is 5.26. The van der Waals surface area contributed by atoms with Gasteiger partial charge in [0.25, 0.3) is 0 Å². The largest absolute Gasteiger partial charge is 0.394 e. The Balaban J connectivity index is 0.916. The molecule has 0 aromatic rings. The number of allylic oxidation sites excluding steroid dienone is 1. The summed E-state index contributed by atoms with van der Waals surface area (Å²) in [6.45, 7) is 9.52. The van der Waals surface area contributed by atoms with E-state index in [0.717, 1.165) is 51.6 Å². The van der Waals surface area contributed by atoms with Gasteiger partial charge in [0.2, 0.25) is 0 Å². The van der Waals surface area contributed by atoms with Crippen LogP contribution in [0, 0.1) is 46.3 Å². The molecule has 8 unspecified atom stereocenters. The third-order valence-corrected chi connectivity index (χ3v) is 17.1. The average molecular weight is 873 g/mol. The Kier molecular flexibility index (Phi) is 12.4. The Labute approximate surface area is 355 Å². The highest BCUT2D eigenvalue weighted by Gasteiger charge is 2.69. The molecule has 10 N–H and O–H groups in total. The minimum Gasteiger partial charge on any atom is -0.394 e. The van der Waals surface area contributed by atoms with Crippen LogP contribution in [-0.4, -0.2) is 175 Å². The zero-order chi connectivity index (χ0) is 43.5. The fraction of sp³-hybridized carbons (Fsp3) is 0.953. The van der Waals surface area contributed by atoms with Gasteiger partial charge in [-0.2, -0.15) is 0 Å². The molecule has 348 valence electrons. The fourth-order valence-electron chi connectivity index (χ4n) is 13.6. The smallest absolute Gasteiger partial charge is 0.189 e. The lowest BCUT2D eigenvalue weighted by Crippen LogP contribution is -2.67. The molecule has 9 rings (SSSR count). The Bertz CT molecular complexity index is 1600. The number of aliphatic hydroxyl groups excluding tert-OH is 10. The summed E-state index contributed by atoms with van der Waals surface area (Å²) in [5.74, 6) is 2.45. The van der Waals surface area contributed by atoms with Crippen molar-refractivity contribution in [3.8, 4) is 0 Å². The van der Waals surface area contributed by atoms with E-state index in [1.807, 2.05) is 0 Å². The van der Waals surface area contributed by atoms with Crippen molar-refractivity contribution < 1.29 is 89.0 Å². The van der Waals surface area contributed by atoms with Crippen LogP contribution in [0.4, 0.5) is 0 Å². The number of ether oxygens (including phenoxy) is 8. The van der Waals surface area contributed by atoms with E-state index in [0.29, 0.717) is 48.3 Å². The summed E-state index contributed by atoms with van der Waals surface area (Å²) in [4.78, 5) is 0. The molecule has 61 heavy (non-hydrogen) atoms. The van der Waals surface area contributed by atoms with Crippen LogP contribution in [0.2, 0.25) is 0 Å². The van der Waals surface area contributed by atoms with Gasteiger partial charge in [-0.3, -0.25) is 0 Å². The van der Waals surface area contributed by atoms with Gasteiger partial charge in [-0.05, 0) is 91.8 Å². The summed E-state index contributed by atoms with van der Waals surface area (Å²) in [6, 6.07) is 0. The van der Waals surface area contributed by atoms with E-state index in [2.05, 4.69) is 33.8 Å². The maximum absolute atomic E-state index is 11.9. The highest BCUT2D eigenvalue weighted by atomic mass is 16.8. The highest BCUT2D eigenvalue weighted by Crippen LogP contribution is 2.70. The summed E-state index contributed by atoms with van der Waals surface area (Å²) >= 11 is 0. The summed E-state index contributed by atoms with van der Waals surface area (Å²) < 4.78 is 48.5. The maximum Gasteiger partial charge on any atom is 0.189 e. The van der Waals surface area contributed by atoms with Crippen molar-refractivity contribution in [1.29, 1.82) is 0 Å². The van der Waals surface area contributed by atoms with Crippen LogP contribution in [0.1, 0.15) is 85.5 Å². The standard InChI is InChI=1S/C43H68O18/c1-17-7-12-43(54-16-17)18(2)26-24(61-43)14-23-21-6-5-19-13-20(8-10-41(19,3)22(21)9-11-42(23,26)4)55-40-35(58-39-32(50)28(46)30(48)37(53)60-39)33(51)34(25(15-44)56-40)57-38-31(49)27(45)29(47)36(52)59-38/h5,17-18,20-40,44-53H,6-16H2,1-4H3/t17-,18+,20?,21-,22+,23+,24?,25?,26+,27?,28?,29-,30-,31+,32+,33?,34-,35+,36?,37?,38-,39-,40-,41+,42+,43-/m1/s1. The zero-order valence-corrected chi connectivity index (χ0v) is 35.4. The lowest BCUT2D eigenvalue weighted by Gasteiger charge is -2.58. The molecule has 0 radical (unpaired) electrons. The Hall–Kier alpha value is -0.980. The third-order valence-electron chi connectivity index (χ3n) is 17.1. The van der Waals surface area contributed by atoms with E-state index in [9.17, 15) is 51.1 Å². The SMILES string of the molecule is C[C@@H]1CC[C@@]2(OC1)OC1C[C@H]3[C@@H]4CC=C5CC(O[C@@H]6OC(CO)[C@@H](O[C@@H]7OC(O)[C@H](O)C(O)[C@@H]7O)C(O)[C@@H]6O[C@@H]6OC(O)[C@H](O)C(O)[C@@H]6O)CC[C@]5(C)[C@H]4CC[C@]3(C)[C@H]1[C@@H]2C. The number of hydrogen-bond acceptors (Lipinski definition) is 18. The van der Waals surface area contributed by atoms with Crippen molar-refractivity contribution in [1.82, 2.24) is 0 Å². The lowest BCUT2D eigenvalue weighted by molar-refractivity contribution is -0.405. The average Bonchev–Trinajstić information content (AvgIpc) is 3.69. The molecule has 5 saturated heterocycles. The van der Waals surface area contributed by atoms with E-state index >= 15 is 0 Å². The van der Waals surface area contributed by atoms with E-state index in [1.165, 1.54) is 5.57 Å². The second-order valence-electron chi connectivity index (χ2n) is 20.4. The molecule has 0 aromatic carbocycles. The van der Waals surface area contributed by atoms with Gasteiger partial charge in [-0.1, -0.05) is 39.3 Å². The first-order chi connectivity index (χ1) is 28.9. The molecule has 1 spiro atoms. The molecule has 3 saturated carbocycles. The predicted octanol–water partition coefficient (Wildman–Crippen LogP) is -0.898. The van der Waals surface area contributed by atoms with Crippen molar-refractivity contribution in [2.75, 3.05) is 13.2 Å². The van der Waals surface area contributed by atoms with Gasteiger partial charge < -0.3 is 89.0 Å². The van der Waals surface area contributed by atoms with Crippen molar-refractivity contribution in [3.63, 3.8) is 0 Å². The molecule has 5 aliphatic heterocycles. The molecule has 5 heterocycles. The number of hydrogen-bond donors (Lipinski definition) is 10. The maximum atomic E-state index is 11.9. The van der Waals surface area contributed by atoms with Gasteiger partial charge in [0.15, 0.2) is 37.2 Å².